The fourth-order valence-corrected chi connectivity index (χ4v) is 4.22. The van der Waals surface area contributed by atoms with Gasteiger partial charge in [0.15, 0.2) is 0 Å². The highest BCUT2D eigenvalue weighted by Gasteiger charge is 2.32. The second kappa shape index (κ2) is 5.92. The number of piperidine rings is 1. The topological polar surface area (TPSA) is 3.24 Å². The van der Waals surface area contributed by atoms with Gasteiger partial charge in [-0.05, 0) is 71.8 Å². The van der Waals surface area contributed by atoms with Gasteiger partial charge in [-0.3, -0.25) is 4.90 Å². The average molecular weight is 326 g/mol. The number of likely N-dealkylation sites (tertiary alicyclic amines) is 1. The van der Waals surface area contributed by atoms with Gasteiger partial charge < -0.3 is 0 Å². The largest absolute Gasteiger partial charge is 0.296 e. The molecule has 0 N–H and O–H groups in total. The van der Waals surface area contributed by atoms with Gasteiger partial charge in [-0.25, -0.2) is 4.39 Å². The standard InChI is InChI=1S/C16H21BrFN/c17-14-10-12(7-8-15(14)18)11-19-9-3-5-13-4-1-2-6-16(13)19/h7-8,10,13,16H,1-6,9,11H2. The smallest absolute Gasteiger partial charge is 0.137 e. The molecule has 104 valence electrons. The lowest BCUT2D eigenvalue weighted by Gasteiger charge is -2.44. The molecule has 2 aliphatic rings. The summed E-state index contributed by atoms with van der Waals surface area (Å²) in [6.07, 6.45) is 8.29. The molecule has 1 aliphatic heterocycles. The van der Waals surface area contributed by atoms with E-state index < -0.39 is 0 Å². The number of hydrogen-bond acceptors (Lipinski definition) is 1. The van der Waals surface area contributed by atoms with E-state index in [-0.39, 0.29) is 5.82 Å². The van der Waals surface area contributed by atoms with E-state index in [2.05, 4.69) is 20.8 Å². The monoisotopic (exact) mass is 325 g/mol. The number of benzene rings is 1. The molecule has 0 amide bonds. The molecule has 3 rings (SSSR count). The van der Waals surface area contributed by atoms with Crippen LogP contribution in [0.1, 0.15) is 44.1 Å². The second-order valence-electron chi connectivity index (χ2n) is 5.97. The maximum Gasteiger partial charge on any atom is 0.137 e. The summed E-state index contributed by atoms with van der Waals surface area (Å²) in [7, 11) is 0. The Morgan fingerprint density at radius 1 is 1.16 bits per heavy atom. The fourth-order valence-electron chi connectivity index (χ4n) is 3.80. The Labute approximate surface area is 123 Å². The van der Waals surface area contributed by atoms with Gasteiger partial charge in [0.1, 0.15) is 5.82 Å². The van der Waals surface area contributed by atoms with Gasteiger partial charge in [0.2, 0.25) is 0 Å². The maximum absolute atomic E-state index is 13.3. The van der Waals surface area contributed by atoms with E-state index in [1.165, 1.54) is 50.6 Å². The van der Waals surface area contributed by atoms with Crippen molar-refractivity contribution in [1.82, 2.24) is 4.90 Å². The van der Waals surface area contributed by atoms with E-state index in [1.807, 2.05) is 12.1 Å². The number of fused-ring (bicyclic) bond motifs is 1. The highest BCUT2D eigenvalue weighted by molar-refractivity contribution is 9.10. The number of nitrogens with zero attached hydrogens (tertiary/aromatic N) is 1. The van der Waals surface area contributed by atoms with Crippen LogP contribution in [0.2, 0.25) is 0 Å². The van der Waals surface area contributed by atoms with E-state index in [4.69, 9.17) is 0 Å². The van der Waals surface area contributed by atoms with Crippen molar-refractivity contribution in [2.45, 2.75) is 51.1 Å². The predicted octanol–water partition coefficient (Wildman–Crippen LogP) is 4.74. The Balaban J connectivity index is 1.72. The van der Waals surface area contributed by atoms with Crippen LogP contribution in [0.3, 0.4) is 0 Å². The van der Waals surface area contributed by atoms with Crippen LogP contribution in [0.5, 0.6) is 0 Å². The van der Waals surface area contributed by atoms with E-state index in [1.54, 1.807) is 6.07 Å². The van der Waals surface area contributed by atoms with Gasteiger partial charge in [0, 0.05) is 12.6 Å². The summed E-state index contributed by atoms with van der Waals surface area (Å²) in [6, 6.07) is 6.20. The van der Waals surface area contributed by atoms with Crippen molar-refractivity contribution >= 4 is 15.9 Å². The first kappa shape index (κ1) is 13.6. The lowest BCUT2D eigenvalue weighted by Crippen LogP contribution is -2.46. The quantitative estimate of drug-likeness (QED) is 0.758. The van der Waals surface area contributed by atoms with Crippen LogP contribution in [-0.2, 0) is 6.54 Å². The SMILES string of the molecule is Fc1ccc(CN2CCCC3CCCCC32)cc1Br. The molecule has 1 saturated heterocycles. The van der Waals surface area contributed by atoms with E-state index in [0.717, 1.165) is 18.5 Å². The Hall–Kier alpha value is -0.410. The first-order valence-electron chi connectivity index (χ1n) is 7.42. The zero-order valence-electron chi connectivity index (χ0n) is 11.2. The summed E-state index contributed by atoms with van der Waals surface area (Å²) >= 11 is 3.29. The minimum atomic E-state index is -0.169. The average Bonchev–Trinajstić information content (AvgIpc) is 2.43. The first-order chi connectivity index (χ1) is 9.24. The normalized spacial score (nSPS) is 28.1. The van der Waals surface area contributed by atoms with Gasteiger partial charge in [-0.2, -0.15) is 0 Å². The van der Waals surface area contributed by atoms with Crippen molar-refractivity contribution < 1.29 is 4.39 Å². The molecule has 1 saturated carbocycles. The molecule has 2 unspecified atom stereocenters. The Morgan fingerprint density at radius 2 is 1.95 bits per heavy atom. The fraction of sp³-hybridized carbons (Fsp3) is 0.625. The molecule has 3 heteroatoms. The van der Waals surface area contributed by atoms with Crippen LogP contribution in [-0.4, -0.2) is 17.5 Å². The summed E-state index contributed by atoms with van der Waals surface area (Å²) in [6.45, 7) is 2.18. The van der Waals surface area contributed by atoms with Crippen molar-refractivity contribution in [2.24, 2.45) is 5.92 Å². The molecule has 19 heavy (non-hydrogen) atoms. The molecule has 1 aromatic carbocycles. The van der Waals surface area contributed by atoms with Gasteiger partial charge >= 0.3 is 0 Å². The summed E-state index contributed by atoms with van der Waals surface area (Å²) in [5.74, 6) is 0.740. The van der Waals surface area contributed by atoms with Gasteiger partial charge in [0.25, 0.3) is 0 Å². The predicted molar refractivity (Wildman–Crippen MR) is 79.5 cm³/mol. The lowest BCUT2D eigenvalue weighted by atomic mass is 9.78. The minimum Gasteiger partial charge on any atom is -0.296 e. The molecule has 0 spiro atoms. The van der Waals surface area contributed by atoms with E-state index >= 15 is 0 Å². The van der Waals surface area contributed by atoms with Gasteiger partial charge in [0.05, 0.1) is 4.47 Å². The van der Waals surface area contributed by atoms with Crippen LogP contribution in [0, 0.1) is 11.7 Å². The zero-order chi connectivity index (χ0) is 13.2. The summed E-state index contributed by atoms with van der Waals surface area (Å²) in [5.41, 5.74) is 1.22. The highest BCUT2D eigenvalue weighted by atomic mass is 79.9. The lowest BCUT2D eigenvalue weighted by molar-refractivity contribution is 0.0547. The molecule has 0 aromatic heterocycles. The van der Waals surface area contributed by atoms with Crippen molar-refractivity contribution in [3.8, 4) is 0 Å². The van der Waals surface area contributed by atoms with E-state index in [9.17, 15) is 4.39 Å². The third-order valence-electron chi connectivity index (χ3n) is 4.73. The van der Waals surface area contributed by atoms with Crippen molar-refractivity contribution in [2.75, 3.05) is 6.54 Å². The molecule has 0 radical (unpaired) electrons. The minimum absolute atomic E-state index is 0.169. The first-order valence-corrected chi connectivity index (χ1v) is 8.21. The molecule has 0 bridgehead atoms. The number of halogens is 2. The summed E-state index contributed by atoms with van der Waals surface area (Å²) in [4.78, 5) is 2.63. The van der Waals surface area contributed by atoms with Crippen LogP contribution in [0.15, 0.2) is 22.7 Å². The van der Waals surface area contributed by atoms with Crippen LogP contribution in [0.4, 0.5) is 4.39 Å². The molecule has 1 aromatic rings. The second-order valence-corrected chi connectivity index (χ2v) is 6.83. The molecule has 1 nitrogen and oxygen atoms in total. The molecular formula is C16H21BrFN. The van der Waals surface area contributed by atoms with Crippen molar-refractivity contribution in [3.05, 3.63) is 34.1 Å². The van der Waals surface area contributed by atoms with Gasteiger partial charge in [-0.15, -0.1) is 0 Å². The van der Waals surface area contributed by atoms with E-state index in [0.29, 0.717) is 4.47 Å². The third-order valence-corrected chi connectivity index (χ3v) is 5.34. The molecule has 1 heterocycles. The number of hydrogen-bond donors (Lipinski definition) is 0. The summed E-state index contributed by atoms with van der Waals surface area (Å²) < 4.78 is 13.9. The van der Waals surface area contributed by atoms with Gasteiger partial charge in [-0.1, -0.05) is 18.9 Å². The zero-order valence-corrected chi connectivity index (χ0v) is 12.8. The highest BCUT2D eigenvalue weighted by Crippen LogP contribution is 2.36. The summed E-state index contributed by atoms with van der Waals surface area (Å²) in [5, 5.41) is 0. The van der Waals surface area contributed by atoms with Crippen LogP contribution >= 0.6 is 15.9 Å². The molecule has 2 fully saturated rings. The maximum atomic E-state index is 13.3. The Kier molecular flexibility index (Phi) is 4.23. The molecular weight excluding hydrogens is 305 g/mol. The van der Waals surface area contributed by atoms with Crippen LogP contribution in [0.25, 0.3) is 0 Å². The Bertz CT molecular complexity index is 446. The molecule has 1 aliphatic carbocycles. The number of rotatable bonds is 2. The van der Waals surface area contributed by atoms with Crippen molar-refractivity contribution in [1.29, 1.82) is 0 Å². The Morgan fingerprint density at radius 3 is 2.79 bits per heavy atom. The molecule has 2 atom stereocenters. The van der Waals surface area contributed by atoms with Crippen LogP contribution < -0.4 is 0 Å². The van der Waals surface area contributed by atoms with Crippen molar-refractivity contribution in [3.63, 3.8) is 0 Å². The third kappa shape index (κ3) is 3.03.